The number of primary amides is 1. The predicted octanol–water partition coefficient (Wildman–Crippen LogP) is 1.69. The highest BCUT2D eigenvalue weighted by atomic mass is 16.1. The normalized spacial score (nSPS) is 36.3. The lowest BCUT2D eigenvalue weighted by Gasteiger charge is -2.21. The topological polar surface area (TPSA) is 43.1 Å². The van der Waals surface area contributed by atoms with E-state index in [2.05, 4.69) is 0 Å². The van der Waals surface area contributed by atoms with Crippen LogP contribution in [0.3, 0.4) is 0 Å². The summed E-state index contributed by atoms with van der Waals surface area (Å²) >= 11 is 0. The molecule has 0 spiro atoms. The average Bonchev–Trinajstić information content (AvgIpc) is 2.84. The summed E-state index contributed by atoms with van der Waals surface area (Å²) in [5.74, 6) is 1.68. The minimum atomic E-state index is -0.0643. The number of rotatable bonds is 2. The first-order chi connectivity index (χ1) is 5.79. The van der Waals surface area contributed by atoms with Gasteiger partial charge in [-0.2, -0.15) is 0 Å². The van der Waals surface area contributed by atoms with E-state index in [1.54, 1.807) is 0 Å². The molecule has 0 saturated heterocycles. The Morgan fingerprint density at radius 3 is 2.33 bits per heavy atom. The Balaban J connectivity index is 1.83. The van der Waals surface area contributed by atoms with Gasteiger partial charge in [0.15, 0.2) is 0 Å². The molecule has 2 saturated carbocycles. The van der Waals surface area contributed by atoms with Crippen molar-refractivity contribution in [1.29, 1.82) is 0 Å². The maximum Gasteiger partial charge on any atom is 0.220 e. The van der Waals surface area contributed by atoms with Crippen molar-refractivity contribution >= 4 is 5.91 Å². The molecule has 1 amide bonds. The molecular formula is C10H17NO. The molecule has 2 fully saturated rings. The zero-order valence-electron chi connectivity index (χ0n) is 7.46. The Bertz CT molecular complexity index is 184. The predicted molar refractivity (Wildman–Crippen MR) is 47.4 cm³/mol. The number of carbonyl (C=O) groups excluding carboxylic acids is 1. The SMILES string of the molecule is NC(=O)C1CC1C1CCCCC1. The third-order valence-electron chi connectivity index (χ3n) is 3.46. The van der Waals surface area contributed by atoms with Crippen molar-refractivity contribution in [2.24, 2.45) is 23.5 Å². The van der Waals surface area contributed by atoms with Crippen LogP contribution in [0.5, 0.6) is 0 Å². The second-order valence-electron chi connectivity index (χ2n) is 4.31. The van der Waals surface area contributed by atoms with Gasteiger partial charge in [-0.3, -0.25) is 4.79 Å². The second kappa shape index (κ2) is 3.08. The van der Waals surface area contributed by atoms with E-state index in [9.17, 15) is 4.79 Å². The van der Waals surface area contributed by atoms with E-state index in [1.807, 2.05) is 0 Å². The molecule has 0 aliphatic heterocycles. The zero-order chi connectivity index (χ0) is 8.55. The molecule has 0 radical (unpaired) electrons. The van der Waals surface area contributed by atoms with E-state index < -0.39 is 0 Å². The first-order valence-corrected chi connectivity index (χ1v) is 5.08. The Labute approximate surface area is 73.5 Å². The molecule has 0 aromatic heterocycles. The molecule has 2 nitrogen and oxygen atoms in total. The van der Waals surface area contributed by atoms with Crippen LogP contribution < -0.4 is 5.73 Å². The summed E-state index contributed by atoms with van der Waals surface area (Å²) in [7, 11) is 0. The van der Waals surface area contributed by atoms with Crippen LogP contribution in [0.15, 0.2) is 0 Å². The monoisotopic (exact) mass is 167 g/mol. The third-order valence-corrected chi connectivity index (χ3v) is 3.46. The van der Waals surface area contributed by atoms with Gasteiger partial charge in [0.25, 0.3) is 0 Å². The summed E-state index contributed by atoms with van der Waals surface area (Å²) in [6.45, 7) is 0. The molecule has 0 aromatic carbocycles. The molecule has 2 heteroatoms. The van der Waals surface area contributed by atoms with Crippen molar-refractivity contribution in [2.75, 3.05) is 0 Å². The Kier molecular flexibility index (Phi) is 2.07. The fourth-order valence-corrected chi connectivity index (χ4v) is 2.63. The molecule has 0 aromatic rings. The first-order valence-electron chi connectivity index (χ1n) is 5.08. The summed E-state index contributed by atoms with van der Waals surface area (Å²) in [5, 5.41) is 0. The lowest BCUT2D eigenvalue weighted by Crippen LogP contribution is -2.17. The van der Waals surface area contributed by atoms with Gasteiger partial charge in [0, 0.05) is 5.92 Å². The van der Waals surface area contributed by atoms with Gasteiger partial charge in [-0.1, -0.05) is 32.1 Å². The van der Waals surface area contributed by atoms with Gasteiger partial charge in [-0.25, -0.2) is 0 Å². The van der Waals surface area contributed by atoms with Crippen molar-refractivity contribution in [1.82, 2.24) is 0 Å². The summed E-state index contributed by atoms with van der Waals surface area (Å²) in [6, 6.07) is 0. The van der Waals surface area contributed by atoms with Gasteiger partial charge in [0.1, 0.15) is 0 Å². The zero-order valence-corrected chi connectivity index (χ0v) is 7.46. The Morgan fingerprint density at radius 1 is 1.17 bits per heavy atom. The van der Waals surface area contributed by atoms with Gasteiger partial charge in [0.05, 0.1) is 0 Å². The molecule has 2 aliphatic carbocycles. The largest absolute Gasteiger partial charge is 0.369 e. The van der Waals surface area contributed by atoms with E-state index in [0.717, 1.165) is 12.3 Å². The second-order valence-corrected chi connectivity index (χ2v) is 4.31. The summed E-state index contributed by atoms with van der Waals surface area (Å²) in [5.41, 5.74) is 5.26. The van der Waals surface area contributed by atoms with Crippen LogP contribution in [0.1, 0.15) is 38.5 Å². The quantitative estimate of drug-likeness (QED) is 0.668. The fourth-order valence-electron chi connectivity index (χ4n) is 2.63. The molecule has 2 unspecified atom stereocenters. The molecule has 12 heavy (non-hydrogen) atoms. The maximum absolute atomic E-state index is 10.8. The van der Waals surface area contributed by atoms with Crippen LogP contribution in [-0.4, -0.2) is 5.91 Å². The average molecular weight is 167 g/mol. The molecule has 0 bridgehead atoms. The third kappa shape index (κ3) is 1.47. The van der Waals surface area contributed by atoms with Crippen LogP contribution in [0.2, 0.25) is 0 Å². The van der Waals surface area contributed by atoms with E-state index in [4.69, 9.17) is 5.73 Å². The van der Waals surface area contributed by atoms with Crippen molar-refractivity contribution < 1.29 is 4.79 Å². The van der Waals surface area contributed by atoms with Gasteiger partial charge < -0.3 is 5.73 Å². The van der Waals surface area contributed by atoms with E-state index in [1.165, 1.54) is 32.1 Å². The van der Waals surface area contributed by atoms with E-state index in [0.29, 0.717) is 5.92 Å². The number of carbonyl (C=O) groups is 1. The van der Waals surface area contributed by atoms with E-state index in [-0.39, 0.29) is 11.8 Å². The Morgan fingerprint density at radius 2 is 1.83 bits per heavy atom. The van der Waals surface area contributed by atoms with Gasteiger partial charge in [-0.15, -0.1) is 0 Å². The van der Waals surface area contributed by atoms with Crippen LogP contribution in [0.25, 0.3) is 0 Å². The van der Waals surface area contributed by atoms with Crippen molar-refractivity contribution in [2.45, 2.75) is 38.5 Å². The van der Waals surface area contributed by atoms with Gasteiger partial charge in [-0.05, 0) is 18.3 Å². The number of hydrogen-bond acceptors (Lipinski definition) is 1. The lowest BCUT2D eigenvalue weighted by atomic mass is 9.85. The number of amides is 1. The smallest absolute Gasteiger partial charge is 0.220 e. The van der Waals surface area contributed by atoms with Crippen LogP contribution in [0, 0.1) is 17.8 Å². The van der Waals surface area contributed by atoms with Crippen LogP contribution >= 0.6 is 0 Å². The molecular weight excluding hydrogens is 150 g/mol. The molecule has 2 N–H and O–H groups in total. The van der Waals surface area contributed by atoms with Crippen LogP contribution in [0.4, 0.5) is 0 Å². The van der Waals surface area contributed by atoms with Gasteiger partial charge in [0.2, 0.25) is 5.91 Å². The number of nitrogens with two attached hydrogens (primary N) is 1. The van der Waals surface area contributed by atoms with Gasteiger partial charge >= 0.3 is 0 Å². The summed E-state index contributed by atoms with van der Waals surface area (Å²) in [4.78, 5) is 10.8. The number of hydrogen-bond donors (Lipinski definition) is 1. The molecule has 0 heterocycles. The Hall–Kier alpha value is -0.530. The van der Waals surface area contributed by atoms with Crippen molar-refractivity contribution in [3.05, 3.63) is 0 Å². The summed E-state index contributed by atoms with van der Waals surface area (Å²) < 4.78 is 0. The highest BCUT2D eigenvalue weighted by Crippen LogP contribution is 2.48. The van der Waals surface area contributed by atoms with E-state index >= 15 is 0 Å². The molecule has 2 atom stereocenters. The van der Waals surface area contributed by atoms with Crippen molar-refractivity contribution in [3.63, 3.8) is 0 Å². The molecule has 2 rings (SSSR count). The first kappa shape index (κ1) is 8.09. The lowest BCUT2D eigenvalue weighted by molar-refractivity contribution is -0.119. The molecule has 2 aliphatic rings. The van der Waals surface area contributed by atoms with Crippen LogP contribution in [-0.2, 0) is 4.79 Å². The maximum atomic E-state index is 10.8. The molecule has 68 valence electrons. The highest BCUT2D eigenvalue weighted by molar-refractivity contribution is 5.79. The minimum Gasteiger partial charge on any atom is -0.369 e. The highest BCUT2D eigenvalue weighted by Gasteiger charge is 2.46. The standard InChI is InChI=1S/C10H17NO/c11-10(12)9-6-8(9)7-4-2-1-3-5-7/h7-9H,1-6H2,(H2,11,12). The minimum absolute atomic E-state index is 0.0643. The summed E-state index contributed by atoms with van der Waals surface area (Å²) in [6.07, 6.45) is 7.90. The fraction of sp³-hybridized carbons (Fsp3) is 0.900. The van der Waals surface area contributed by atoms with Crippen molar-refractivity contribution in [3.8, 4) is 0 Å².